The number of ether oxygens (including phenoxy) is 1. The first-order chi connectivity index (χ1) is 10.9. The monoisotopic (exact) mass is 385 g/mol. The SMILES string of the molecule is CCC(CC)NC(=O)COC(=O)C12C[C@@H]3C[C@H](CC(Br)(C3)C1)C2. The van der Waals surface area contributed by atoms with E-state index < -0.39 is 0 Å². The number of hydrogen-bond donors (Lipinski definition) is 1. The Bertz CT molecular complexity index is 475. The lowest BCUT2D eigenvalue weighted by Gasteiger charge is -2.58. The fraction of sp³-hybridized carbons (Fsp3) is 0.889. The van der Waals surface area contributed by atoms with Crippen LogP contribution in [0.3, 0.4) is 0 Å². The van der Waals surface area contributed by atoms with E-state index in [1.165, 1.54) is 19.3 Å². The number of carbonyl (C=O) groups excluding carboxylic acids is 2. The minimum Gasteiger partial charge on any atom is -0.455 e. The minimum atomic E-state index is -0.344. The molecule has 1 amide bonds. The standard InChI is InChI=1S/C18H28BrNO3/c1-3-14(4-2)20-15(21)10-23-16(22)17-6-12-5-13(7-17)9-18(19,8-12)11-17/h12-14H,3-11H2,1-2H3,(H,20,21)/t12-,13-,17?,18?/m0/s1. The fourth-order valence-electron chi connectivity index (χ4n) is 5.44. The van der Waals surface area contributed by atoms with Crippen LogP contribution < -0.4 is 5.32 Å². The normalized spacial score (nSPS) is 37.9. The maximum atomic E-state index is 12.7. The zero-order valence-electron chi connectivity index (χ0n) is 14.2. The van der Waals surface area contributed by atoms with Gasteiger partial charge in [0.05, 0.1) is 5.41 Å². The third-order valence-electron chi connectivity index (χ3n) is 6.11. The Balaban J connectivity index is 1.57. The second-order valence-corrected chi connectivity index (χ2v) is 9.73. The summed E-state index contributed by atoms with van der Waals surface area (Å²) in [6, 6.07) is 0.173. The number of nitrogens with one attached hydrogen (secondary N) is 1. The first kappa shape index (κ1) is 17.2. The topological polar surface area (TPSA) is 55.4 Å². The van der Waals surface area contributed by atoms with Gasteiger partial charge in [-0.25, -0.2) is 0 Å². The minimum absolute atomic E-state index is 0.133. The Hall–Kier alpha value is -0.580. The van der Waals surface area contributed by atoms with Crippen molar-refractivity contribution in [1.82, 2.24) is 5.32 Å². The van der Waals surface area contributed by atoms with Gasteiger partial charge >= 0.3 is 5.97 Å². The molecule has 23 heavy (non-hydrogen) atoms. The summed E-state index contributed by atoms with van der Waals surface area (Å²) in [7, 11) is 0. The van der Waals surface area contributed by atoms with Gasteiger partial charge < -0.3 is 10.1 Å². The van der Waals surface area contributed by atoms with Crippen molar-refractivity contribution in [3.63, 3.8) is 0 Å². The van der Waals surface area contributed by atoms with Crippen LogP contribution in [0.1, 0.15) is 65.2 Å². The van der Waals surface area contributed by atoms with Crippen LogP contribution >= 0.6 is 15.9 Å². The van der Waals surface area contributed by atoms with Gasteiger partial charge in [0.1, 0.15) is 0 Å². The van der Waals surface area contributed by atoms with E-state index in [0.717, 1.165) is 32.1 Å². The lowest BCUT2D eigenvalue weighted by molar-refractivity contribution is -0.171. The molecule has 0 aromatic rings. The fourth-order valence-corrected chi connectivity index (χ4v) is 6.89. The second-order valence-electron chi connectivity index (χ2n) is 8.05. The molecule has 0 spiro atoms. The number of carbonyl (C=O) groups is 2. The van der Waals surface area contributed by atoms with E-state index in [1.807, 2.05) is 13.8 Å². The quantitative estimate of drug-likeness (QED) is 0.561. The van der Waals surface area contributed by atoms with Crippen LogP contribution in [0.4, 0.5) is 0 Å². The summed E-state index contributed by atoms with van der Waals surface area (Å²) in [4.78, 5) is 24.7. The Morgan fingerprint density at radius 1 is 1.17 bits per heavy atom. The highest BCUT2D eigenvalue weighted by atomic mass is 79.9. The largest absolute Gasteiger partial charge is 0.455 e. The molecular weight excluding hydrogens is 358 g/mol. The zero-order chi connectivity index (χ0) is 16.7. The highest BCUT2D eigenvalue weighted by Gasteiger charge is 2.60. The average Bonchev–Trinajstić information content (AvgIpc) is 2.47. The first-order valence-electron chi connectivity index (χ1n) is 9.03. The molecule has 4 aliphatic rings. The molecule has 4 fully saturated rings. The number of halogens is 1. The zero-order valence-corrected chi connectivity index (χ0v) is 15.8. The molecule has 4 rings (SSSR count). The molecule has 130 valence electrons. The predicted molar refractivity (Wildman–Crippen MR) is 92.2 cm³/mol. The lowest BCUT2D eigenvalue weighted by Crippen LogP contribution is -2.56. The van der Waals surface area contributed by atoms with Crippen LogP contribution in [0, 0.1) is 17.3 Å². The molecule has 4 nitrogen and oxygen atoms in total. The van der Waals surface area contributed by atoms with E-state index in [9.17, 15) is 9.59 Å². The molecule has 2 atom stereocenters. The van der Waals surface area contributed by atoms with Gasteiger partial charge in [0.15, 0.2) is 6.61 Å². The van der Waals surface area contributed by atoms with Gasteiger partial charge in [-0.2, -0.15) is 0 Å². The molecule has 4 aliphatic carbocycles. The van der Waals surface area contributed by atoms with Gasteiger partial charge in [-0.15, -0.1) is 0 Å². The third-order valence-corrected chi connectivity index (χ3v) is 7.04. The Morgan fingerprint density at radius 2 is 1.78 bits per heavy atom. The summed E-state index contributed by atoms with van der Waals surface area (Å²) in [6.45, 7) is 3.96. The van der Waals surface area contributed by atoms with Crippen molar-refractivity contribution < 1.29 is 14.3 Å². The summed E-state index contributed by atoms with van der Waals surface area (Å²) in [5.41, 5.74) is -0.344. The van der Waals surface area contributed by atoms with Crippen LogP contribution in [-0.4, -0.2) is 28.8 Å². The molecule has 0 aliphatic heterocycles. The molecule has 1 N–H and O–H groups in total. The molecule has 0 aromatic carbocycles. The van der Waals surface area contributed by atoms with Crippen molar-refractivity contribution in [2.24, 2.45) is 17.3 Å². The molecule has 5 heteroatoms. The smallest absolute Gasteiger partial charge is 0.312 e. The molecular formula is C18H28BrNO3. The number of rotatable bonds is 6. The van der Waals surface area contributed by atoms with Crippen LogP contribution in [0.25, 0.3) is 0 Å². The molecule has 0 radical (unpaired) electrons. The molecule has 4 bridgehead atoms. The predicted octanol–water partition coefficient (Wildman–Crippen LogP) is 3.57. The van der Waals surface area contributed by atoms with Gasteiger partial charge in [0.2, 0.25) is 0 Å². The summed E-state index contributed by atoms with van der Waals surface area (Å²) in [5.74, 6) is 0.962. The Morgan fingerprint density at radius 3 is 2.30 bits per heavy atom. The second kappa shape index (κ2) is 6.38. The summed E-state index contributed by atoms with van der Waals surface area (Å²) in [6.07, 6.45) is 8.21. The van der Waals surface area contributed by atoms with Crippen molar-refractivity contribution in [3.05, 3.63) is 0 Å². The number of alkyl halides is 1. The van der Waals surface area contributed by atoms with Gasteiger partial charge in [-0.1, -0.05) is 29.8 Å². The van der Waals surface area contributed by atoms with E-state index in [1.54, 1.807) is 0 Å². The molecule has 0 aromatic heterocycles. The first-order valence-corrected chi connectivity index (χ1v) is 9.83. The van der Waals surface area contributed by atoms with E-state index in [2.05, 4.69) is 21.2 Å². The summed E-state index contributed by atoms with van der Waals surface area (Å²) in [5, 5.41) is 2.93. The summed E-state index contributed by atoms with van der Waals surface area (Å²) >= 11 is 3.91. The third kappa shape index (κ3) is 3.45. The maximum Gasteiger partial charge on any atom is 0.312 e. The maximum absolute atomic E-state index is 12.7. The van der Waals surface area contributed by atoms with Crippen molar-refractivity contribution in [1.29, 1.82) is 0 Å². The van der Waals surface area contributed by atoms with Crippen LogP contribution in [-0.2, 0) is 14.3 Å². The highest BCUT2D eigenvalue weighted by molar-refractivity contribution is 9.10. The van der Waals surface area contributed by atoms with E-state index in [4.69, 9.17) is 4.74 Å². The van der Waals surface area contributed by atoms with E-state index >= 15 is 0 Å². The number of amides is 1. The van der Waals surface area contributed by atoms with Crippen molar-refractivity contribution >= 4 is 27.8 Å². The van der Waals surface area contributed by atoms with E-state index in [0.29, 0.717) is 11.8 Å². The number of hydrogen-bond acceptors (Lipinski definition) is 3. The summed E-state index contributed by atoms with van der Waals surface area (Å²) < 4.78 is 5.58. The Kier molecular flexibility index (Phi) is 4.78. The van der Waals surface area contributed by atoms with Crippen LogP contribution in [0.5, 0.6) is 0 Å². The van der Waals surface area contributed by atoms with Gasteiger partial charge in [-0.05, 0) is 63.2 Å². The van der Waals surface area contributed by atoms with Gasteiger partial charge in [-0.3, -0.25) is 9.59 Å². The van der Waals surface area contributed by atoms with Crippen molar-refractivity contribution in [2.45, 2.75) is 75.6 Å². The average molecular weight is 386 g/mol. The lowest BCUT2D eigenvalue weighted by atomic mass is 9.49. The molecule has 0 heterocycles. The van der Waals surface area contributed by atoms with Gasteiger partial charge in [0, 0.05) is 10.4 Å². The van der Waals surface area contributed by atoms with Crippen LogP contribution in [0.2, 0.25) is 0 Å². The molecule has 0 unspecified atom stereocenters. The number of esters is 1. The molecule has 4 saturated carbocycles. The molecule has 0 saturated heterocycles. The highest BCUT2D eigenvalue weighted by Crippen LogP contribution is 2.64. The van der Waals surface area contributed by atoms with Crippen LogP contribution in [0.15, 0.2) is 0 Å². The Labute approximate surface area is 147 Å². The van der Waals surface area contributed by atoms with Crippen molar-refractivity contribution in [3.8, 4) is 0 Å². The van der Waals surface area contributed by atoms with Crippen molar-refractivity contribution in [2.75, 3.05) is 6.61 Å². The van der Waals surface area contributed by atoms with E-state index in [-0.39, 0.29) is 34.3 Å². The van der Waals surface area contributed by atoms with Gasteiger partial charge in [0.25, 0.3) is 5.91 Å².